The summed E-state index contributed by atoms with van der Waals surface area (Å²) in [6.07, 6.45) is 9.33. The molecule has 0 bridgehead atoms. The van der Waals surface area contributed by atoms with E-state index in [0.717, 1.165) is 43.3 Å². The minimum Gasteiger partial charge on any atom is -0.456 e. The van der Waals surface area contributed by atoms with Gasteiger partial charge in [-0.05, 0) is 74.5 Å². The smallest absolute Gasteiger partial charge is 0.241 e. The third kappa shape index (κ3) is 4.41. The molecule has 1 aromatic heterocycles. The normalized spacial score (nSPS) is 20.5. The van der Waals surface area contributed by atoms with E-state index in [-0.39, 0.29) is 11.9 Å². The van der Waals surface area contributed by atoms with E-state index in [9.17, 15) is 4.79 Å². The van der Waals surface area contributed by atoms with Crippen LogP contribution in [0.4, 0.5) is 5.69 Å². The molecular weight excluding hydrogens is 326 g/mol. The summed E-state index contributed by atoms with van der Waals surface area (Å²) < 4.78 is 5.74. The highest BCUT2D eigenvalue weighted by Crippen LogP contribution is 2.32. The van der Waals surface area contributed by atoms with Crippen molar-refractivity contribution in [3.8, 4) is 11.5 Å². The minimum atomic E-state index is 0.00988. The van der Waals surface area contributed by atoms with Crippen LogP contribution >= 0.6 is 0 Å². The van der Waals surface area contributed by atoms with Gasteiger partial charge in [-0.2, -0.15) is 0 Å². The zero-order valence-corrected chi connectivity index (χ0v) is 14.9. The maximum atomic E-state index is 12.8. The Kier molecular flexibility index (Phi) is 5.16. The van der Waals surface area contributed by atoms with Crippen molar-refractivity contribution >= 4 is 11.6 Å². The van der Waals surface area contributed by atoms with Crippen LogP contribution in [0.1, 0.15) is 32.1 Å². The predicted molar refractivity (Wildman–Crippen MR) is 101 cm³/mol. The Morgan fingerprint density at radius 2 is 1.96 bits per heavy atom. The number of hydrogen-bond acceptors (Lipinski definition) is 4. The molecule has 0 spiro atoms. The van der Waals surface area contributed by atoms with E-state index >= 15 is 0 Å². The van der Waals surface area contributed by atoms with Gasteiger partial charge in [-0.15, -0.1) is 0 Å². The summed E-state index contributed by atoms with van der Waals surface area (Å²) in [5, 5.41) is 3.08. The van der Waals surface area contributed by atoms with Crippen LogP contribution in [0.2, 0.25) is 0 Å². The van der Waals surface area contributed by atoms with Crippen LogP contribution in [0.25, 0.3) is 0 Å². The van der Waals surface area contributed by atoms with Gasteiger partial charge >= 0.3 is 0 Å². The minimum absolute atomic E-state index is 0.00988. The van der Waals surface area contributed by atoms with Gasteiger partial charge in [0.2, 0.25) is 5.91 Å². The maximum Gasteiger partial charge on any atom is 0.241 e. The Morgan fingerprint density at radius 3 is 2.69 bits per heavy atom. The van der Waals surface area contributed by atoms with Gasteiger partial charge in [0.15, 0.2) is 0 Å². The SMILES string of the molecule is O=C(Nc1ccc(Oc2cccnc2)cc1)[C@@H]1CCCCN1CC1CC1. The van der Waals surface area contributed by atoms with Crippen molar-refractivity contribution in [3.05, 3.63) is 48.8 Å². The standard InChI is InChI=1S/C21H25N3O2/c25-21(20-5-1-2-13-24(20)15-16-6-7-16)23-17-8-10-18(11-9-17)26-19-4-3-12-22-14-19/h3-4,8-12,14,16,20H,1-2,5-7,13,15H2,(H,23,25)/t20-/m0/s1. The second kappa shape index (κ2) is 7.87. The lowest BCUT2D eigenvalue weighted by Crippen LogP contribution is -2.47. The topological polar surface area (TPSA) is 54.5 Å². The third-order valence-corrected chi connectivity index (χ3v) is 5.10. The molecule has 1 aliphatic heterocycles. The molecular formula is C21H25N3O2. The number of amides is 1. The van der Waals surface area contributed by atoms with Gasteiger partial charge in [-0.3, -0.25) is 14.7 Å². The van der Waals surface area contributed by atoms with Gasteiger partial charge in [0.25, 0.3) is 0 Å². The Hall–Kier alpha value is -2.40. The van der Waals surface area contributed by atoms with Crippen LogP contribution in [0.3, 0.4) is 0 Å². The highest BCUT2D eigenvalue weighted by Gasteiger charge is 2.33. The first kappa shape index (κ1) is 17.0. The molecule has 1 saturated heterocycles. The molecule has 4 rings (SSSR count). The fraction of sp³-hybridized carbons (Fsp3) is 0.429. The van der Waals surface area contributed by atoms with E-state index in [0.29, 0.717) is 5.75 Å². The molecule has 5 heteroatoms. The molecule has 2 fully saturated rings. The van der Waals surface area contributed by atoms with Crippen molar-refractivity contribution in [2.75, 3.05) is 18.4 Å². The lowest BCUT2D eigenvalue weighted by Gasteiger charge is -2.34. The molecule has 136 valence electrons. The highest BCUT2D eigenvalue weighted by molar-refractivity contribution is 5.94. The van der Waals surface area contributed by atoms with E-state index in [1.54, 1.807) is 12.4 Å². The quantitative estimate of drug-likeness (QED) is 0.852. The van der Waals surface area contributed by atoms with Gasteiger partial charge in [-0.25, -0.2) is 0 Å². The monoisotopic (exact) mass is 351 g/mol. The number of anilines is 1. The number of ether oxygens (including phenoxy) is 1. The van der Waals surface area contributed by atoms with Crippen LogP contribution in [0.15, 0.2) is 48.8 Å². The van der Waals surface area contributed by atoms with Gasteiger partial charge < -0.3 is 10.1 Å². The molecule has 26 heavy (non-hydrogen) atoms. The number of carbonyl (C=O) groups is 1. The average molecular weight is 351 g/mol. The molecule has 1 aromatic carbocycles. The lowest BCUT2D eigenvalue weighted by molar-refractivity contribution is -0.122. The number of benzene rings is 1. The molecule has 2 aromatic rings. The molecule has 1 aliphatic carbocycles. The van der Waals surface area contributed by atoms with Crippen molar-refractivity contribution in [2.24, 2.45) is 5.92 Å². The molecule has 1 N–H and O–H groups in total. The van der Waals surface area contributed by atoms with Gasteiger partial charge in [0.05, 0.1) is 12.2 Å². The lowest BCUT2D eigenvalue weighted by atomic mass is 10.0. The Labute approximate surface area is 154 Å². The van der Waals surface area contributed by atoms with E-state index in [1.165, 1.54) is 19.3 Å². The van der Waals surface area contributed by atoms with Gasteiger partial charge in [-0.1, -0.05) is 6.42 Å². The van der Waals surface area contributed by atoms with Crippen LogP contribution in [-0.4, -0.2) is 34.9 Å². The van der Waals surface area contributed by atoms with E-state index in [2.05, 4.69) is 15.2 Å². The summed E-state index contributed by atoms with van der Waals surface area (Å²) in [5.41, 5.74) is 0.811. The first-order valence-corrected chi connectivity index (χ1v) is 9.51. The second-order valence-electron chi connectivity index (χ2n) is 7.25. The van der Waals surface area contributed by atoms with E-state index in [1.807, 2.05) is 36.4 Å². The first-order chi connectivity index (χ1) is 12.8. The summed E-state index contributed by atoms with van der Waals surface area (Å²) in [6, 6.07) is 11.2. The third-order valence-electron chi connectivity index (χ3n) is 5.10. The summed E-state index contributed by atoms with van der Waals surface area (Å²) in [7, 11) is 0. The van der Waals surface area contributed by atoms with Gasteiger partial charge in [0, 0.05) is 18.4 Å². The van der Waals surface area contributed by atoms with Crippen LogP contribution in [0, 0.1) is 5.92 Å². The van der Waals surface area contributed by atoms with Crippen molar-refractivity contribution in [1.29, 1.82) is 0 Å². The zero-order chi connectivity index (χ0) is 17.8. The Morgan fingerprint density at radius 1 is 1.12 bits per heavy atom. The molecule has 1 atom stereocenters. The number of nitrogens with one attached hydrogen (secondary N) is 1. The number of likely N-dealkylation sites (tertiary alicyclic amines) is 1. The van der Waals surface area contributed by atoms with Crippen LogP contribution in [0.5, 0.6) is 11.5 Å². The number of nitrogens with zero attached hydrogens (tertiary/aromatic N) is 2. The number of rotatable bonds is 6. The number of hydrogen-bond donors (Lipinski definition) is 1. The molecule has 0 radical (unpaired) electrons. The molecule has 2 aliphatic rings. The van der Waals surface area contributed by atoms with Gasteiger partial charge in [0.1, 0.15) is 11.5 Å². The summed E-state index contributed by atoms with van der Waals surface area (Å²) in [5.74, 6) is 2.35. The fourth-order valence-corrected chi connectivity index (χ4v) is 3.51. The van der Waals surface area contributed by atoms with Crippen molar-refractivity contribution in [1.82, 2.24) is 9.88 Å². The molecule has 1 amide bonds. The number of aromatic nitrogens is 1. The fourth-order valence-electron chi connectivity index (χ4n) is 3.51. The van der Waals surface area contributed by atoms with E-state index in [4.69, 9.17) is 4.74 Å². The second-order valence-corrected chi connectivity index (χ2v) is 7.25. The summed E-state index contributed by atoms with van der Waals surface area (Å²) >= 11 is 0. The van der Waals surface area contributed by atoms with Crippen LogP contribution in [-0.2, 0) is 4.79 Å². The first-order valence-electron chi connectivity index (χ1n) is 9.51. The maximum absolute atomic E-state index is 12.8. The molecule has 2 heterocycles. The predicted octanol–water partition coefficient (Wildman–Crippen LogP) is 4.08. The van der Waals surface area contributed by atoms with Crippen LogP contribution < -0.4 is 10.1 Å². The number of pyridine rings is 1. The molecule has 0 unspecified atom stereocenters. The van der Waals surface area contributed by atoms with Crippen molar-refractivity contribution in [2.45, 2.75) is 38.1 Å². The van der Waals surface area contributed by atoms with Crippen molar-refractivity contribution < 1.29 is 9.53 Å². The summed E-state index contributed by atoms with van der Waals surface area (Å²) in [4.78, 5) is 19.2. The zero-order valence-electron chi connectivity index (χ0n) is 14.9. The largest absolute Gasteiger partial charge is 0.456 e. The number of piperidine rings is 1. The van der Waals surface area contributed by atoms with E-state index < -0.39 is 0 Å². The molecule has 5 nitrogen and oxygen atoms in total. The van der Waals surface area contributed by atoms with Crippen molar-refractivity contribution in [3.63, 3.8) is 0 Å². The Bertz CT molecular complexity index is 729. The highest BCUT2D eigenvalue weighted by atomic mass is 16.5. The molecule has 1 saturated carbocycles. The summed E-state index contributed by atoms with van der Waals surface area (Å²) in [6.45, 7) is 2.13. The Balaban J connectivity index is 1.36. The average Bonchev–Trinajstić information content (AvgIpc) is 3.49. The number of carbonyl (C=O) groups excluding carboxylic acids is 1.